The Bertz CT molecular complexity index is 821. The molecule has 0 saturated carbocycles. The standard InChI is InChI=1S/C24H32N4O2/c29-23-7-1-4-19(14-23)17-27-12-8-22(9-13-27)28-11-3-6-21(18-28)24(30)26-16-20-5-2-10-25-15-20/h1-2,4-5,7,10,14-15,21-22,29H,3,6,8-9,11-13,16-18H2,(H,26,30)/t21-/m1/s1. The first-order chi connectivity index (χ1) is 14.7. The third kappa shape index (κ3) is 5.58. The molecule has 0 bridgehead atoms. The predicted molar refractivity (Wildman–Crippen MR) is 117 cm³/mol. The zero-order chi connectivity index (χ0) is 20.8. The normalized spacial score (nSPS) is 21.4. The number of nitrogens with zero attached hydrogens (tertiary/aromatic N) is 3. The van der Waals surface area contributed by atoms with Gasteiger partial charge in [-0.1, -0.05) is 18.2 Å². The average Bonchev–Trinajstić information content (AvgIpc) is 2.79. The second-order valence-corrected chi connectivity index (χ2v) is 8.59. The Labute approximate surface area is 178 Å². The van der Waals surface area contributed by atoms with Crippen molar-refractivity contribution in [1.82, 2.24) is 20.1 Å². The quantitative estimate of drug-likeness (QED) is 0.769. The van der Waals surface area contributed by atoms with Gasteiger partial charge in [0.1, 0.15) is 5.75 Å². The third-order valence-electron chi connectivity index (χ3n) is 6.40. The summed E-state index contributed by atoms with van der Waals surface area (Å²) >= 11 is 0. The van der Waals surface area contributed by atoms with Crippen LogP contribution in [-0.2, 0) is 17.9 Å². The van der Waals surface area contributed by atoms with E-state index >= 15 is 0 Å². The maximum Gasteiger partial charge on any atom is 0.224 e. The fourth-order valence-electron chi connectivity index (χ4n) is 4.74. The SMILES string of the molecule is O=C(NCc1cccnc1)[C@@H]1CCCN(C2CCN(Cc3cccc(O)c3)CC2)C1. The Morgan fingerprint density at radius 3 is 2.70 bits per heavy atom. The lowest BCUT2D eigenvalue weighted by molar-refractivity contribution is -0.127. The number of amides is 1. The Morgan fingerprint density at radius 1 is 1.10 bits per heavy atom. The largest absolute Gasteiger partial charge is 0.508 e. The van der Waals surface area contributed by atoms with E-state index < -0.39 is 0 Å². The molecule has 0 spiro atoms. The summed E-state index contributed by atoms with van der Waals surface area (Å²) in [6, 6.07) is 12.0. The number of carbonyl (C=O) groups is 1. The minimum Gasteiger partial charge on any atom is -0.508 e. The molecule has 6 heteroatoms. The number of benzene rings is 1. The summed E-state index contributed by atoms with van der Waals surface area (Å²) in [6.45, 7) is 5.54. The minimum absolute atomic E-state index is 0.0840. The van der Waals surface area contributed by atoms with E-state index in [4.69, 9.17) is 0 Å². The maximum atomic E-state index is 12.7. The summed E-state index contributed by atoms with van der Waals surface area (Å²) in [5.41, 5.74) is 2.20. The van der Waals surface area contributed by atoms with Gasteiger partial charge >= 0.3 is 0 Å². The Morgan fingerprint density at radius 2 is 1.93 bits per heavy atom. The predicted octanol–water partition coefficient (Wildman–Crippen LogP) is 2.78. The van der Waals surface area contributed by atoms with Crippen molar-refractivity contribution >= 4 is 5.91 Å². The van der Waals surface area contributed by atoms with Crippen molar-refractivity contribution in [2.24, 2.45) is 5.92 Å². The second-order valence-electron chi connectivity index (χ2n) is 8.59. The van der Waals surface area contributed by atoms with Gasteiger partial charge in [0, 0.05) is 38.1 Å². The van der Waals surface area contributed by atoms with Crippen molar-refractivity contribution < 1.29 is 9.90 Å². The molecule has 2 aliphatic heterocycles. The van der Waals surface area contributed by atoms with E-state index in [1.807, 2.05) is 24.3 Å². The number of aromatic hydroxyl groups is 1. The summed E-state index contributed by atoms with van der Waals surface area (Å²) in [5.74, 6) is 0.592. The number of likely N-dealkylation sites (tertiary alicyclic amines) is 2. The van der Waals surface area contributed by atoms with Gasteiger partial charge in [-0.15, -0.1) is 0 Å². The Balaban J connectivity index is 1.23. The highest BCUT2D eigenvalue weighted by atomic mass is 16.3. The molecular formula is C24H32N4O2. The van der Waals surface area contributed by atoms with Gasteiger partial charge < -0.3 is 10.4 Å². The minimum atomic E-state index is 0.0840. The molecule has 2 N–H and O–H groups in total. The number of aromatic nitrogens is 1. The first-order valence-electron chi connectivity index (χ1n) is 11.1. The first kappa shape index (κ1) is 20.8. The van der Waals surface area contributed by atoms with E-state index in [1.165, 1.54) is 0 Å². The Hall–Kier alpha value is -2.44. The van der Waals surface area contributed by atoms with E-state index in [2.05, 4.69) is 26.2 Å². The number of nitrogens with one attached hydrogen (secondary N) is 1. The molecule has 1 amide bonds. The summed E-state index contributed by atoms with van der Waals surface area (Å²) in [5, 5.41) is 12.8. The van der Waals surface area contributed by atoms with Crippen LogP contribution in [0.3, 0.4) is 0 Å². The van der Waals surface area contributed by atoms with Gasteiger partial charge in [0.2, 0.25) is 5.91 Å². The van der Waals surface area contributed by atoms with Crippen LogP contribution >= 0.6 is 0 Å². The lowest BCUT2D eigenvalue weighted by atomic mass is 9.93. The molecule has 0 aliphatic carbocycles. The van der Waals surface area contributed by atoms with Crippen LogP contribution in [0.4, 0.5) is 0 Å². The van der Waals surface area contributed by atoms with Crippen molar-refractivity contribution in [1.29, 1.82) is 0 Å². The van der Waals surface area contributed by atoms with Crippen LogP contribution < -0.4 is 5.32 Å². The number of piperidine rings is 2. The second kappa shape index (κ2) is 10.0. The van der Waals surface area contributed by atoms with Crippen molar-refractivity contribution in [2.75, 3.05) is 26.2 Å². The molecule has 2 saturated heterocycles. The van der Waals surface area contributed by atoms with Gasteiger partial charge in [-0.25, -0.2) is 0 Å². The van der Waals surface area contributed by atoms with Crippen molar-refractivity contribution in [2.45, 2.75) is 44.8 Å². The fourth-order valence-corrected chi connectivity index (χ4v) is 4.74. The lowest BCUT2D eigenvalue weighted by Crippen LogP contribution is -2.50. The number of phenols is 1. The van der Waals surface area contributed by atoms with Gasteiger partial charge in [-0.2, -0.15) is 0 Å². The van der Waals surface area contributed by atoms with E-state index in [-0.39, 0.29) is 11.8 Å². The molecule has 0 unspecified atom stereocenters. The van der Waals surface area contributed by atoms with Crippen LogP contribution in [0, 0.1) is 5.92 Å². The molecule has 2 fully saturated rings. The molecule has 3 heterocycles. The van der Waals surface area contributed by atoms with Crippen LogP contribution in [0.5, 0.6) is 5.75 Å². The highest BCUT2D eigenvalue weighted by molar-refractivity contribution is 5.78. The zero-order valence-electron chi connectivity index (χ0n) is 17.5. The molecule has 2 aromatic rings. The molecule has 6 nitrogen and oxygen atoms in total. The summed E-state index contributed by atoms with van der Waals surface area (Å²) in [7, 11) is 0. The van der Waals surface area contributed by atoms with Crippen LogP contribution in [-0.4, -0.2) is 58.0 Å². The first-order valence-corrected chi connectivity index (χ1v) is 11.1. The topological polar surface area (TPSA) is 68.7 Å². The van der Waals surface area contributed by atoms with Crippen LogP contribution in [0.15, 0.2) is 48.8 Å². The van der Waals surface area contributed by atoms with Gasteiger partial charge in [0.15, 0.2) is 0 Å². The number of hydrogen-bond donors (Lipinski definition) is 2. The number of carbonyl (C=O) groups excluding carboxylic acids is 1. The van der Waals surface area contributed by atoms with Gasteiger partial charge in [-0.05, 0) is 74.6 Å². The molecule has 2 aliphatic rings. The van der Waals surface area contributed by atoms with Crippen molar-refractivity contribution in [3.8, 4) is 5.75 Å². The summed E-state index contributed by atoms with van der Waals surface area (Å²) in [6.07, 6.45) is 7.91. The summed E-state index contributed by atoms with van der Waals surface area (Å²) in [4.78, 5) is 21.8. The van der Waals surface area contributed by atoms with Crippen LogP contribution in [0.2, 0.25) is 0 Å². The van der Waals surface area contributed by atoms with Crippen LogP contribution in [0.25, 0.3) is 0 Å². The number of phenolic OH excluding ortho intramolecular Hbond substituents is 1. The molecule has 1 aromatic heterocycles. The molecule has 30 heavy (non-hydrogen) atoms. The molecule has 160 valence electrons. The van der Waals surface area contributed by atoms with Gasteiger partial charge in [-0.3, -0.25) is 19.6 Å². The Kier molecular flexibility index (Phi) is 6.97. The fraction of sp³-hybridized carbons (Fsp3) is 0.500. The zero-order valence-corrected chi connectivity index (χ0v) is 17.5. The molecule has 4 rings (SSSR count). The highest BCUT2D eigenvalue weighted by Gasteiger charge is 2.31. The number of hydrogen-bond acceptors (Lipinski definition) is 5. The van der Waals surface area contributed by atoms with Crippen molar-refractivity contribution in [3.63, 3.8) is 0 Å². The lowest BCUT2D eigenvalue weighted by Gasteiger charge is -2.42. The average molecular weight is 409 g/mol. The van der Waals surface area contributed by atoms with E-state index in [0.29, 0.717) is 18.3 Å². The van der Waals surface area contributed by atoms with Gasteiger partial charge in [0.05, 0.1) is 5.92 Å². The molecular weight excluding hydrogens is 376 g/mol. The molecule has 1 atom stereocenters. The van der Waals surface area contributed by atoms with E-state index in [0.717, 1.165) is 69.5 Å². The molecule has 0 radical (unpaired) electrons. The number of rotatable bonds is 6. The smallest absolute Gasteiger partial charge is 0.224 e. The van der Waals surface area contributed by atoms with E-state index in [1.54, 1.807) is 18.5 Å². The summed E-state index contributed by atoms with van der Waals surface area (Å²) < 4.78 is 0. The number of pyridine rings is 1. The molecule has 1 aromatic carbocycles. The monoisotopic (exact) mass is 408 g/mol. The van der Waals surface area contributed by atoms with E-state index in [9.17, 15) is 9.90 Å². The van der Waals surface area contributed by atoms with Gasteiger partial charge in [0.25, 0.3) is 0 Å². The third-order valence-corrected chi connectivity index (χ3v) is 6.40. The van der Waals surface area contributed by atoms with Crippen LogP contribution in [0.1, 0.15) is 36.8 Å². The maximum absolute atomic E-state index is 12.7. The van der Waals surface area contributed by atoms with Crippen molar-refractivity contribution in [3.05, 3.63) is 59.9 Å². The highest BCUT2D eigenvalue weighted by Crippen LogP contribution is 2.25.